The Morgan fingerprint density at radius 3 is 2.71 bits per heavy atom. The summed E-state index contributed by atoms with van der Waals surface area (Å²) in [5, 5.41) is 3.56. The maximum atomic E-state index is 5.74. The van der Waals surface area contributed by atoms with Crippen molar-refractivity contribution >= 4 is 0 Å². The number of ether oxygens (including phenoxy) is 1. The van der Waals surface area contributed by atoms with Gasteiger partial charge in [0.05, 0.1) is 6.04 Å². The first-order chi connectivity index (χ1) is 8.19. The maximum Gasteiger partial charge on any atom is 0.121 e. The van der Waals surface area contributed by atoms with E-state index in [4.69, 9.17) is 9.15 Å². The van der Waals surface area contributed by atoms with Crippen LogP contribution in [-0.2, 0) is 4.74 Å². The monoisotopic (exact) mass is 239 g/mol. The third kappa shape index (κ3) is 4.52. The van der Waals surface area contributed by atoms with E-state index in [1.54, 1.807) is 7.11 Å². The van der Waals surface area contributed by atoms with E-state index in [1.807, 2.05) is 13.0 Å². The van der Waals surface area contributed by atoms with E-state index in [1.165, 1.54) is 0 Å². The van der Waals surface area contributed by atoms with Gasteiger partial charge in [-0.3, -0.25) is 0 Å². The average molecular weight is 239 g/mol. The molecule has 3 nitrogen and oxygen atoms in total. The van der Waals surface area contributed by atoms with E-state index in [0.29, 0.717) is 12.0 Å². The fourth-order valence-corrected chi connectivity index (χ4v) is 1.97. The van der Waals surface area contributed by atoms with Gasteiger partial charge in [0.2, 0.25) is 0 Å². The molecule has 0 aliphatic heterocycles. The summed E-state index contributed by atoms with van der Waals surface area (Å²) in [5.41, 5.74) is 0. The molecule has 1 heterocycles. The Morgan fingerprint density at radius 2 is 2.18 bits per heavy atom. The van der Waals surface area contributed by atoms with Gasteiger partial charge < -0.3 is 14.5 Å². The van der Waals surface area contributed by atoms with Gasteiger partial charge in [-0.25, -0.2) is 0 Å². The molecule has 1 aromatic heterocycles. The van der Waals surface area contributed by atoms with Crippen molar-refractivity contribution in [3.63, 3.8) is 0 Å². The van der Waals surface area contributed by atoms with Crippen LogP contribution in [0.25, 0.3) is 0 Å². The first-order valence-corrected chi connectivity index (χ1v) is 6.47. The molecule has 0 aromatic carbocycles. The van der Waals surface area contributed by atoms with Gasteiger partial charge >= 0.3 is 0 Å². The molecule has 1 N–H and O–H groups in total. The summed E-state index contributed by atoms with van der Waals surface area (Å²) in [4.78, 5) is 0. The Labute approximate surface area is 105 Å². The third-order valence-electron chi connectivity index (χ3n) is 3.03. The maximum absolute atomic E-state index is 5.74. The lowest BCUT2D eigenvalue weighted by Crippen LogP contribution is -2.28. The largest absolute Gasteiger partial charge is 0.465 e. The molecule has 0 saturated carbocycles. The molecular formula is C14H25NO2. The molecule has 1 aromatic rings. The molecule has 98 valence electrons. The Morgan fingerprint density at radius 1 is 1.41 bits per heavy atom. The Kier molecular flexibility index (Phi) is 6.30. The summed E-state index contributed by atoms with van der Waals surface area (Å²) >= 11 is 0. The minimum Gasteiger partial charge on any atom is -0.465 e. The van der Waals surface area contributed by atoms with Crippen LogP contribution in [0.15, 0.2) is 16.5 Å². The van der Waals surface area contributed by atoms with Crippen LogP contribution in [0.5, 0.6) is 0 Å². The summed E-state index contributed by atoms with van der Waals surface area (Å²) in [7, 11) is 1.75. The van der Waals surface area contributed by atoms with E-state index >= 15 is 0 Å². The highest BCUT2D eigenvalue weighted by molar-refractivity contribution is 5.10. The lowest BCUT2D eigenvalue weighted by atomic mass is 9.96. The SMILES string of the molecule is CCCNC(c1ccc(C)o1)C(C)CCOC. The number of rotatable bonds is 8. The first-order valence-electron chi connectivity index (χ1n) is 6.47. The van der Waals surface area contributed by atoms with Crippen LogP contribution in [0.1, 0.15) is 44.3 Å². The zero-order valence-electron chi connectivity index (χ0n) is 11.5. The molecule has 0 spiro atoms. The minimum atomic E-state index is 0.291. The summed E-state index contributed by atoms with van der Waals surface area (Å²) in [6.45, 7) is 8.22. The van der Waals surface area contributed by atoms with Crippen LogP contribution in [0.4, 0.5) is 0 Å². The van der Waals surface area contributed by atoms with Gasteiger partial charge in [0.25, 0.3) is 0 Å². The van der Waals surface area contributed by atoms with Crippen LogP contribution in [0.2, 0.25) is 0 Å². The minimum absolute atomic E-state index is 0.291. The highest BCUT2D eigenvalue weighted by atomic mass is 16.5. The average Bonchev–Trinajstić information content (AvgIpc) is 2.73. The van der Waals surface area contributed by atoms with Crippen molar-refractivity contribution in [2.45, 2.75) is 39.7 Å². The molecular weight excluding hydrogens is 214 g/mol. The molecule has 0 amide bonds. The Bertz CT molecular complexity index is 309. The number of furan rings is 1. The molecule has 0 bridgehead atoms. The Hall–Kier alpha value is -0.800. The fraction of sp³-hybridized carbons (Fsp3) is 0.714. The third-order valence-corrected chi connectivity index (χ3v) is 3.03. The second kappa shape index (κ2) is 7.51. The van der Waals surface area contributed by atoms with Gasteiger partial charge in [0.1, 0.15) is 11.5 Å². The van der Waals surface area contributed by atoms with Gasteiger partial charge in [-0.15, -0.1) is 0 Å². The summed E-state index contributed by atoms with van der Waals surface area (Å²) in [5.74, 6) is 2.52. The second-order valence-corrected chi connectivity index (χ2v) is 4.64. The molecule has 2 atom stereocenters. The van der Waals surface area contributed by atoms with Crippen LogP contribution < -0.4 is 5.32 Å². The molecule has 0 aliphatic carbocycles. The number of aryl methyl sites for hydroxylation is 1. The lowest BCUT2D eigenvalue weighted by Gasteiger charge is -2.23. The van der Waals surface area contributed by atoms with Gasteiger partial charge in [0.15, 0.2) is 0 Å². The van der Waals surface area contributed by atoms with Crippen molar-refractivity contribution in [2.75, 3.05) is 20.3 Å². The molecule has 3 heteroatoms. The number of nitrogens with one attached hydrogen (secondary N) is 1. The smallest absolute Gasteiger partial charge is 0.121 e. The van der Waals surface area contributed by atoms with Gasteiger partial charge in [-0.1, -0.05) is 13.8 Å². The van der Waals surface area contributed by atoms with Crippen LogP contribution >= 0.6 is 0 Å². The normalized spacial score (nSPS) is 14.8. The fourth-order valence-electron chi connectivity index (χ4n) is 1.97. The summed E-state index contributed by atoms with van der Waals surface area (Å²) in [6, 6.07) is 4.39. The highest BCUT2D eigenvalue weighted by Gasteiger charge is 2.21. The van der Waals surface area contributed by atoms with Crippen LogP contribution in [0.3, 0.4) is 0 Å². The van der Waals surface area contributed by atoms with Crippen LogP contribution in [-0.4, -0.2) is 20.3 Å². The Balaban J connectivity index is 2.65. The van der Waals surface area contributed by atoms with Crippen molar-refractivity contribution in [1.82, 2.24) is 5.32 Å². The van der Waals surface area contributed by atoms with Gasteiger partial charge in [0, 0.05) is 13.7 Å². The predicted octanol–water partition coefficient (Wildman–Crippen LogP) is 3.30. The van der Waals surface area contributed by atoms with Gasteiger partial charge in [-0.05, 0) is 44.4 Å². The van der Waals surface area contributed by atoms with Crippen molar-refractivity contribution in [2.24, 2.45) is 5.92 Å². The van der Waals surface area contributed by atoms with Gasteiger partial charge in [-0.2, -0.15) is 0 Å². The number of methoxy groups -OCH3 is 1. The van der Waals surface area contributed by atoms with Crippen molar-refractivity contribution in [1.29, 1.82) is 0 Å². The standard InChI is InChI=1S/C14H25NO2/c1-5-9-15-14(11(2)8-10-16-4)13-7-6-12(3)17-13/h6-7,11,14-15H,5,8-10H2,1-4H3. The molecule has 0 saturated heterocycles. The second-order valence-electron chi connectivity index (χ2n) is 4.64. The molecule has 17 heavy (non-hydrogen) atoms. The predicted molar refractivity (Wildman–Crippen MR) is 70.1 cm³/mol. The molecule has 0 aliphatic rings. The van der Waals surface area contributed by atoms with Crippen molar-refractivity contribution in [3.8, 4) is 0 Å². The van der Waals surface area contributed by atoms with Crippen molar-refractivity contribution in [3.05, 3.63) is 23.7 Å². The van der Waals surface area contributed by atoms with E-state index in [0.717, 1.165) is 37.5 Å². The quantitative estimate of drug-likeness (QED) is 0.756. The van der Waals surface area contributed by atoms with E-state index < -0.39 is 0 Å². The molecule has 0 fully saturated rings. The molecule has 1 rings (SSSR count). The zero-order valence-corrected chi connectivity index (χ0v) is 11.5. The molecule has 2 unspecified atom stereocenters. The van der Waals surface area contributed by atoms with E-state index in [9.17, 15) is 0 Å². The van der Waals surface area contributed by atoms with Crippen molar-refractivity contribution < 1.29 is 9.15 Å². The van der Waals surface area contributed by atoms with Crippen LogP contribution in [0, 0.1) is 12.8 Å². The summed E-state index contributed by atoms with van der Waals surface area (Å²) < 4.78 is 10.9. The molecule has 0 radical (unpaired) electrons. The van der Waals surface area contributed by atoms with E-state index in [2.05, 4.69) is 25.2 Å². The lowest BCUT2D eigenvalue weighted by molar-refractivity contribution is 0.166. The number of hydrogen-bond donors (Lipinski definition) is 1. The zero-order chi connectivity index (χ0) is 12.7. The van der Waals surface area contributed by atoms with E-state index in [-0.39, 0.29) is 0 Å². The number of hydrogen-bond acceptors (Lipinski definition) is 3. The highest BCUT2D eigenvalue weighted by Crippen LogP contribution is 2.26. The first kappa shape index (κ1) is 14.3. The topological polar surface area (TPSA) is 34.4 Å². The summed E-state index contributed by atoms with van der Waals surface area (Å²) in [6.07, 6.45) is 2.17.